The lowest BCUT2D eigenvalue weighted by Crippen LogP contribution is -2.17. The maximum Gasteiger partial charge on any atom is 0.341 e. The molecule has 0 fully saturated rings. The Morgan fingerprint density at radius 2 is 1.79 bits per heavy atom. The zero-order valence-corrected chi connectivity index (χ0v) is 17.8. The first kappa shape index (κ1) is 22.0. The van der Waals surface area contributed by atoms with E-state index in [1.807, 2.05) is 24.3 Å². The lowest BCUT2D eigenvalue weighted by atomic mass is 9.86. The number of carboxylic acid groups (broad SMARTS) is 1. The van der Waals surface area contributed by atoms with Crippen molar-refractivity contribution in [3.05, 3.63) is 40.8 Å². The number of ether oxygens (including phenoxy) is 1. The number of thiophene rings is 1. The summed E-state index contributed by atoms with van der Waals surface area (Å²) in [7, 11) is 1.29. The van der Waals surface area contributed by atoms with E-state index in [0.29, 0.717) is 16.1 Å². The average molecular weight is 422 g/mol. The van der Waals surface area contributed by atoms with Crippen LogP contribution in [0.2, 0.25) is 0 Å². The maximum atomic E-state index is 12.4. The van der Waals surface area contributed by atoms with Gasteiger partial charge in [0.05, 0.1) is 18.6 Å². The molecule has 28 heavy (non-hydrogen) atoms. The molecule has 1 heterocycles. The van der Waals surface area contributed by atoms with Gasteiger partial charge in [-0.25, -0.2) is 4.79 Å². The fraction of sp³-hybridized carbons (Fsp3) is 0.350. The number of methoxy groups -OCH3 is 1. The van der Waals surface area contributed by atoms with Crippen molar-refractivity contribution in [3.63, 3.8) is 0 Å². The number of amides is 1. The smallest absolute Gasteiger partial charge is 0.341 e. The molecular formula is C20H23NO5S2. The first-order chi connectivity index (χ1) is 13.1. The lowest BCUT2D eigenvalue weighted by molar-refractivity contribution is -0.133. The third-order valence-electron chi connectivity index (χ3n) is 3.95. The van der Waals surface area contributed by atoms with Gasteiger partial charge in [-0.05, 0) is 16.5 Å². The molecular weight excluding hydrogens is 398 g/mol. The van der Waals surface area contributed by atoms with E-state index in [-0.39, 0.29) is 22.8 Å². The molecule has 2 aromatic rings. The van der Waals surface area contributed by atoms with Gasteiger partial charge in [0.2, 0.25) is 5.91 Å². The Balaban J connectivity index is 2.28. The van der Waals surface area contributed by atoms with E-state index in [1.165, 1.54) is 24.0 Å². The molecule has 8 heteroatoms. The molecule has 2 N–H and O–H groups in total. The Labute approximate surface area is 172 Å². The molecule has 1 amide bonds. The van der Waals surface area contributed by atoms with Crippen LogP contribution in [0.1, 0.15) is 36.7 Å². The molecule has 0 radical (unpaired) electrons. The summed E-state index contributed by atoms with van der Waals surface area (Å²) in [6.07, 6.45) is 0. The zero-order valence-electron chi connectivity index (χ0n) is 16.2. The van der Waals surface area contributed by atoms with Crippen LogP contribution in [0.5, 0.6) is 0 Å². The number of carbonyl (C=O) groups is 3. The second-order valence-corrected chi connectivity index (χ2v) is 8.97. The van der Waals surface area contributed by atoms with E-state index >= 15 is 0 Å². The van der Waals surface area contributed by atoms with E-state index in [2.05, 4.69) is 26.1 Å². The molecule has 6 nitrogen and oxygen atoms in total. The highest BCUT2D eigenvalue weighted by Gasteiger charge is 2.23. The quantitative estimate of drug-likeness (QED) is 0.649. The SMILES string of the molecule is COC(=O)c1c(-c2ccc(C(C)(C)C)cc2)csc1NC(=O)CSCC(=O)O. The predicted octanol–water partition coefficient (Wildman–Crippen LogP) is 4.26. The summed E-state index contributed by atoms with van der Waals surface area (Å²) in [5, 5.41) is 13.5. The fourth-order valence-corrected chi connectivity index (χ4v) is 4.02. The zero-order chi connectivity index (χ0) is 20.9. The molecule has 0 unspecified atom stereocenters. The molecule has 0 spiro atoms. The number of thioether (sulfide) groups is 1. The Hall–Kier alpha value is -2.32. The number of hydrogen-bond donors (Lipinski definition) is 2. The van der Waals surface area contributed by atoms with Gasteiger partial charge in [-0.3, -0.25) is 9.59 Å². The van der Waals surface area contributed by atoms with Gasteiger partial charge in [-0.15, -0.1) is 23.1 Å². The van der Waals surface area contributed by atoms with Crippen LogP contribution in [0, 0.1) is 0 Å². The Kier molecular flexibility index (Phi) is 7.26. The van der Waals surface area contributed by atoms with Gasteiger partial charge in [0.1, 0.15) is 10.6 Å². The first-order valence-electron chi connectivity index (χ1n) is 8.53. The Morgan fingerprint density at radius 3 is 2.32 bits per heavy atom. The van der Waals surface area contributed by atoms with Crippen LogP contribution in [-0.2, 0) is 19.7 Å². The minimum absolute atomic E-state index is 0.0135. The molecule has 0 aliphatic rings. The normalized spacial score (nSPS) is 11.1. The van der Waals surface area contributed by atoms with Gasteiger partial charge in [0.25, 0.3) is 0 Å². The highest BCUT2D eigenvalue weighted by atomic mass is 32.2. The van der Waals surface area contributed by atoms with Crippen molar-refractivity contribution in [2.45, 2.75) is 26.2 Å². The number of rotatable bonds is 7. The van der Waals surface area contributed by atoms with Crippen LogP contribution in [0.3, 0.4) is 0 Å². The van der Waals surface area contributed by atoms with Crippen molar-refractivity contribution in [3.8, 4) is 11.1 Å². The van der Waals surface area contributed by atoms with Crippen LogP contribution in [-0.4, -0.2) is 41.6 Å². The van der Waals surface area contributed by atoms with Crippen molar-refractivity contribution < 1.29 is 24.2 Å². The van der Waals surface area contributed by atoms with Crippen molar-refractivity contribution in [1.82, 2.24) is 0 Å². The summed E-state index contributed by atoms with van der Waals surface area (Å²) in [6.45, 7) is 6.38. The van der Waals surface area contributed by atoms with E-state index in [4.69, 9.17) is 9.84 Å². The molecule has 1 aromatic heterocycles. The monoisotopic (exact) mass is 421 g/mol. The molecule has 0 atom stereocenters. The molecule has 150 valence electrons. The summed E-state index contributed by atoms with van der Waals surface area (Å²) < 4.78 is 4.90. The predicted molar refractivity (Wildman–Crippen MR) is 113 cm³/mol. The largest absolute Gasteiger partial charge is 0.481 e. The second-order valence-electron chi connectivity index (χ2n) is 7.11. The summed E-state index contributed by atoms with van der Waals surface area (Å²) in [6, 6.07) is 7.94. The molecule has 1 aromatic carbocycles. The van der Waals surface area contributed by atoms with E-state index < -0.39 is 11.9 Å². The topological polar surface area (TPSA) is 92.7 Å². The molecule has 0 saturated carbocycles. The fourth-order valence-electron chi connectivity index (χ4n) is 2.51. The number of carbonyl (C=O) groups excluding carboxylic acids is 2. The number of aliphatic carboxylic acids is 1. The minimum atomic E-state index is -0.981. The Morgan fingerprint density at radius 1 is 1.14 bits per heavy atom. The molecule has 0 aliphatic carbocycles. The van der Waals surface area contributed by atoms with Crippen LogP contribution in [0.4, 0.5) is 5.00 Å². The first-order valence-corrected chi connectivity index (χ1v) is 10.6. The molecule has 0 bridgehead atoms. The van der Waals surface area contributed by atoms with Gasteiger partial charge < -0.3 is 15.2 Å². The molecule has 0 saturated heterocycles. The molecule has 0 aliphatic heterocycles. The lowest BCUT2D eigenvalue weighted by Gasteiger charge is -2.19. The number of anilines is 1. The number of nitrogens with one attached hydrogen (secondary N) is 1. The summed E-state index contributed by atoms with van der Waals surface area (Å²) in [4.78, 5) is 35.0. The van der Waals surface area contributed by atoms with Gasteiger partial charge in [-0.1, -0.05) is 45.0 Å². The van der Waals surface area contributed by atoms with Crippen LogP contribution < -0.4 is 5.32 Å². The average Bonchev–Trinajstić information content (AvgIpc) is 3.03. The number of esters is 1. The van der Waals surface area contributed by atoms with Crippen LogP contribution >= 0.6 is 23.1 Å². The third-order valence-corrected chi connectivity index (χ3v) is 5.77. The minimum Gasteiger partial charge on any atom is -0.481 e. The van der Waals surface area contributed by atoms with Crippen molar-refractivity contribution in [1.29, 1.82) is 0 Å². The van der Waals surface area contributed by atoms with Gasteiger partial charge >= 0.3 is 11.9 Å². The Bertz CT molecular complexity index is 866. The van der Waals surface area contributed by atoms with E-state index in [0.717, 1.165) is 17.3 Å². The van der Waals surface area contributed by atoms with Crippen molar-refractivity contribution in [2.75, 3.05) is 23.9 Å². The third kappa shape index (κ3) is 5.59. The van der Waals surface area contributed by atoms with Gasteiger partial charge in [-0.2, -0.15) is 0 Å². The van der Waals surface area contributed by atoms with E-state index in [1.54, 1.807) is 5.38 Å². The van der Waals surface area contributed by atoms with Crippen LogP contribution in [0.25, 0.3) is 11.1 Å². The highest BCUT2D eigenvalue weighted by Crippen LogP contribution is 2.37. The summed E-state index contributed by atoms with van der Waals surface area (Å²) >= 11 is 2.23. The van der Waals surface area contributed by atoms with Gasteiger partial charge in [0, 0.05) is 10.9 Å². The standard InChI is InChI=1S/C20H23NO5S2/c1-20(2,3)13-7-5-12(6-8-13)14-9-28-18(17(14)19(25)26-4)21-15(22)10-27-11-16(23)24/h5-9H,10-11H2,1-4H3,(H,21,22)(H,23,24). The van der Waals surface area contributed by atoms with E-state index in [9.17, 15) is 14.4 Å². The maximum absolute atomic E-state index is 12.4. The van der Waals surface area contributed by atoms with Crippen molar-refractivity contribution in [2.24, 2.45) is 0 Å². The number of hydrogen-bond acceptors (Lipinski definition) is 6. The van der Waals surface area contributed by atoms with Crippen LogP contribution in [0.15, 0.2) is 29.6 Å². The summed E-state index contributed by atoms with van der Waals surface area (Å²) in [5.41, 5.74) is 3.03. The number of benzene rings is 1. The molecule has 2 rings (SSSR count). The van der Waals surface area contributed by atoms with Crippen molar-refractivity contribution >= 4 is 45.9 Å². The number of carboxylic acids is 1. The van der Waals surface area contributed by atoms with Gasteiger partial charge in [0.15, 0.2) is 0 Å². The second kappa shape index (κ2) is 9.25. The summed E-state index contributed by atoms with van der Waals surface area (Å²) in [5.74, 6) is -2.06. The highest BCUT2D eigenvalue weighted by molar-refractivity contribution is 8.00.